The van der Waals surface area contributed by atoms with Crippen molar-refractivity contribution in [3.05, 3.63) is 0 Å². The van der Waals surface area contributed by atoms with Gasteiger partial charge in [-0.2, -0.15) is 0 Å². The summed E-state index contributed by atoms with van der Waals surface area (Å²) >= 11 is 0. The van der Waals surface area contributed by atoms with Gasteiger partial charge in [0.1, 0.15) is 0 Å². The Morgan fingerprint density at radius 3 is 2.70 bits per heavy atom. The van der Waals surface area contributed by atoms with Gasteiger partial charge < -0.3 is 5.32 Å². The topological polar surface area (TPSA) is 12.0 Å². The summed E-state index contributed by atoms with van der Waals surface area (Å²) in [7, 11) is 0. The Kier molecular flexibility index (Phi) is 1.31. The number of fused-ring (bicyclic) bond motifs is 1. The molecule has 1 heteroatoms. The molecular formula is C9H17N. The molecule has 2 atom stereocenters. The first-order chi connectivity index (χ1) is 4.70. The van der Waals surface area contributed by atoms with Gasteiger partial charge in [-0.3, -0.25) is 0 Å². The first-order valence-corrected chi connectivity index (χ1v) is 4.41. The zero-order chi connectivity index (χ0) is 7.19. The maximum absolute atomic E-state index is 3.47. The average Bonchev–Trinajstić information content (AvgIpc) is 1.86. The summed E-state index contributed by atoms with van der Waals surface area (Å²) < 4.78 is 0. The van der Waals surface area contributed by atoms with Gasteiger partial charge in [0.15, 0.2) is 0 Å². The summed E-state index contributed by atoms with van der Waals surface area (Å²) in [5, 5.41) is 3.47. The van der Waals surface area contributed by atoms with Crippen LogP contribution in [-0.4, -0.2) is 13.1 Å². The third kappa shape index (κ3) is 0.800. The lowest BCUT2D eigenvalue weighted by Gasteiger charge is -2.54. The quantitative estimate of drug-likeness (QED) is 0.538. The van der Waals surface area contributed by atoms with Crippen LogP contribution in [0.4, 0.5) is 0 Å². The van der Waals surface area contributed by atoms with E-state index in [0.29, 0.717) is 5.41 Å². The van der Waals surface area contributed by atoms with E-state index < -0.39 is 0 Å². The van der Waals surface area contributed by atoms with Gasteiger partial charge >= 0.3 is 0 Å². The van der Waals surface area contributed by atoms with E-state index in [-0.39, 0.29) is 0 Å². The third-order valence-electron chi connectivity index (χ3n) is 3.42. The van der Waals surface area contributed by atoms with Gasteiger partial charge in [-0.05, 0) is 43.2 Å². The van der Waals surface area contributed by atoms with E-state index in [4.69, 9.17) is 0 Å². The lowest BCUT2D eigenvalue weighted by Crippen LogP contribution is -2.53. The minimum absolute atomic E-state index is 0.651. The van der Waals surface area contributed by atoms with Crippen LogP contribution in [0.15, 0.2) is 0 Å². The van der Waals surface area contributed by atoms with Crippen LogP contribution in [0.3, 0.4) is 0 Å². The van der Waals surface area contributed by atoms with Crippen LogP contribution in [0.1, 0.15) is 26.7 Å². The molecule has 0 aromatic carbocycles. The second-order valence-electron chi connectivity index (χ2n) is 4.55. The van der Waals surface area contributed by atoms with Crippen molar-refractivity contribution in [3.63, 3.8) is 0 Å². The molecule has 2 rings (SSSR count). The molecular weight excluding hydrogens is 122 g/mol. The van der Waals surface area contributed by atoms with Crippen LogP contribution in [-0.2, 0) is 0 Å². The minimum Gasteiger partial charge on any atom is -0.316 e. The van der Waals surface area contributed by atoms with Crippen LogP contribution < -0.4 is 5.32 Å². The summed E-state index contributed by atoms with van der Waals surface area (Å²) in [5.41, 5.74) is 0.651. The molecule has 0 unspecified atom stereocenters. The van der Waals surface area contributed by atoms with E-state index in [2.05, 4.69) is 19.2 Å². The van der Waals surface area contributed by atoms with Crippen molar-refractivity contribution in [2.24, 2.45) is 17.3 Å². The molecule has 10 heavy (non-hydrogen) atoms. The number of piperidine rings is 1. The standard InChI is InChI=1S/C9H17N/c1-9(2)5-7-3-4-10-6-8(7)9/h7-8,10H,3-6H2,1-2H3/t7-,8-/m1/s1. The smallest absolute Gasteiger partial charge is 0.00127 e. The Morgan fingerprint density at radius 2 is 2.20 bits per heavy atom. The molecule has 1 saturated heterocycles. The predicted octanol–water partition coefficient (Wildman–Crippen LogP) is 1.64. The van der Waals surface area contributed by atoms with Gasteiger partial charge in [-0.25, -0.2) is 0 Å². The molecule has 1 nitrogen and oxygen atoms in total. The second kappa shape index (κ2) is 1.97. The fourth-order valence-electron chi connectivity index (χ4n) is 2.74. The summed E-state index contributed by atoms with van der Waals surface area (Å²) in [6, 6.07) is 0. The highest BCUT2D eigenvalue weighted by molar-refractivity contribution is 4.98. The van der Waals surface area contributed by atoms with Gasteiger partial charge in [0.05, 0.1) is 0 Å². The molecule has 2 aliphatic rings. The summed E-state index contributed by atoms with van der Waals surface area (Å²) in [5.74, 6) is 2.05. The first kappa shape index (κ1) is 6.66. The largest absolute Gasteiger partial charge is 0.316 e. The van der Waals surface area contributed by atoms with Crippen molar-refractivity contribution in [1.29, 1.82) is 0 Å². The van der Waals surface area contributed by atoms with Crippen LogP contribution in [0.2, 0.25) is 0 Å². The lowest BCUT2D eigenvalue weighted by molar-refractivity contribution is -0.0310. The minimum atomic E-state index is 0.651. The van der Waals surface area contributed by atoms with E-state index >= 15 is 0 Å². The zero-order valence-electron chi connectivity index (χ0n) is 6.98. The van der Waals surface area contributed by atoms with Gasteiger partial charge in [-0.15, -0.1) is 0 Å². The molecule has 1 aliphatic carbocycles. The molecule has 2 fully saturated rings. The number of hydrogen-bond acceptors (Lipinski definition) is 1. The Bertz CT molecular complexity index is 140. The lowest BCUT2D eigenvalue weighted by atomic mass is 9.54. The number of rotatable bonds is 0. The summed E-state index contributed by atoms with van der Waals surface area (Å²) in [6.45, 7) is 7.34. The van der Waals surface area contributed by atoms with E-state index in [1.54, 1.807) is 0 Å². The highest BCUT2D eigenvalue weighted by Gasteiger charge is 2.47. The average molecular weight is 139 g/mol. The van der Waals surface area contributed by atoms with E-state index in [9.17, 15) is 0 Å². The molecule has 58 valence electrons. The third-order valence-corrected chi connectivity index (χ3v) is 3.42. The monoisotopic (exact) mass is 139 g/mol. The predicted molar refractivity (Wildman–Crippen MR) is 42.9 cm³/mol. The maximum Gasteiger partial charge on any atom is -0.00127 e. The fourth-order valence-corrected chi connectivity index (χ4v) is 2.74. The highest BCUT2D eigenvalue weighted by Crippen LogP contribution is 2.52. The van der Waals surface area contributed by atoms with Crippen LogP contribution in [0, 0.1) is 17.3 Å². The molecule has 1 saturated carbocycles. The van der Waals surface area contributed by atoms with E-state index in [1.807, 2.05) is 0 Å². The van der Waals surface area contributed by atoms with Crippen LogP contribution in [0.5, 0.6) is 0 Å². The first-order valence-electron chi connectivity index (χ1n) is 4.41. The van der Waals surface area contributed by atoms with Gasteiger partial charge in [0.25, 0.3) is 0 Å². The maximum atomic E-state index is 3.47. The Labute approximate surface area is 63.2 Å². The molecule has 0 aromatic heterocycles. The van der Waals surface area contributed by atoms with Crippen LogP contribution in [0.25, 0.3) is 0 Å². The van der Waals surface area contributed by atoms with Crippen molar-refractivity contribution < 1.29 is 0 Å². The molecule has 1 heterocycles. The van der Waals surface area contributed by atoms with Crippen molar-refractivity contribution in [2.75, 3.05) is 13.1 Å². The Morgan fingerprint density at radius 1 is 1.40 bits per heavy atom. The Hall–Kier alpha value is -0.0400. The molecule has 0 radical (unpaired) electrons. The van der Waals surface area contributed by atoms with Gasteiger partial charge in [0, 0.05) is 0 Å². The normalized spacial score (nSPS) is 43.8. The van der Waals surface area contributed by atoms with Crippen LogP contribution >= 0.6 is 0 Å². The molecule has 0 aromatic rings. The number of nitrogens with one attached hydrogen (secondary N) is 1. The molecule has 0 bridgehead atoms. The molecule has 1 aliphatic heterocycles. The van der Waals surface area contributed by atoms with E-state index in [1.165, 1.54) is 25.9 Å². The van der Waals surface area contributed by atoms with Gasteiger partial charge in [0.2, 0.25) is 0 Å². The van der Waals surface area contributed by atoms with Crippen molar-refractivity contribution >= 4 is 0 Å². The molecule has 0 amide bonds. The van der Waals surface area contributed by atoms with E-state index in [0.717, 1.165) is 11.8 Å². The van der Waals surface area contributed by atoms with Crippen molar-refractivity contribution in [2.45, 2.75) is 26.7 Å². The molecule has 1 N–H and O–H groups in total. The Balaban J connectivity index is 2.01. The zero-order valence-corrected chi connectivity index (χ0v) is 6.98. The molecule has 0 spiro atoms. The summed E-state index contributed by atoms with van der Waals surface area (Å²) in [6.07, 6.45) is 2.90. The summed E-state index contributed by atoms with van der Waals surface area (Å²) in [4.78, 5) is 0. The highest BCUT2D eigenvalue weighted by atomic mass is 14.9. The number of hydrogen-bond donors (Lipinski definition) is 1. The fraction of sp³-hybridized carbons (Fsp3) is 1.00. The SMILES string of the molecule is CC1(C)C[C@H]2CCNC[C@H]21. The van der Waals surface area contributed by atoms with Crippen molar-refractivity contribution in [3.8, 4) is 0 Å². The second-order valence-corrected chi connectivity index (χ2v) is 4.55. The van der Waals surface area contributed by atoms with Gasteiger partial charge in [-0.1, -0.05) is 13.8 Å². The van der Waals surface area contributed by atoms with Crippen molar-refractivity contribution in [1.82, 2.24) is 5.32 Å².